The third kappa shape index (κ3) is 3.03. The zero-order chi connectivity index (χ0) is 19.1. The van der Waals surface area contributed by atoms with Crippen LogP contribution in [-0.2, 0) is 0 Å². The molecule has 3 aromatic heterocycles. The first-order valence-electron chi connectivity index (χ1n) is 9.07. The number of rotatable bonds is 3. The van der Waals surface area contributed by atoms with Gasteiger partial charge in [-0.15, -0.1) is 0 Å². The summed E-state index contributed by atoms with van der Waals surface area (Å²) in [5, 5.41) is 4.47. The van der Waals surface area contributed by atoms with Crippen LogP contribution in [0.4, 0.5) is 5.82 Å². The molecule has 1 aliphatic rings. The van der Waals surface area contributed by atoms with E-state index in [9.17, 15) is 4.79 Å². The molecule has 1 amide bonds. The number of amides is 1. The number of hydrogen-bond donors (Lipinski definition) is 1. The van der Waals surface area contributed by atoms with Gasteiger partial charge in [0.25, 0.3) is 5.91 Å². The average Bonchev–Trinajstić information content (AvgIpc) is 3.36. The molecule has 140 valence electrons. The van der Waals surface area contributed by atoms with Gasteiger partial charge in [0, 0.05) is 54.3 Å². The first-order chi connectivity index (χ1) is 13.7. The normalized spacial score (nSPS) is 16.8. The number of halogens is 1. The van der Waals surface area contributed by atoms with Crippen LogP contribution in [0.5, 0.6) is 0 Å². The van der Waals surface area contributed by atoms with Crippen LogP contribution in [0.2, 0.25) is 5.02 Å². The predicted octanol–water partition coefficient (Wildman–Crippen LogP) is 2.94. The van der Waals surface area contributed by atoms with Crippen molar-refractivity contribution in [2.24, 2.45) is 0 Å². The van der Waals surface area contributed by atoms with Crippen LogP contribution in [0.3, 0.4) is 0 Å². The van der Waals surface area contributed by atoms with Crippen LogP contribution in [0.25, 0.3) is 16.4 Å². The summed E-state index contributed by atoms with van der Waals surface area (Å²) in [7, 11) is 0. The van der Waals surface area contributed by atoms with Crippen LogP contribution >= 0.6 is 11.6 Å². The largest absolute Gasteiger partial charge is 0.353 e. The smallest absolute Gasteiger partial charge is 0.289 e. The Morgan fingerprint density at radius 3 is 3.07 bits per heavy atom. The average molecular weight is 393 g/mol. The fourth-order valence-electron chi connectivity index (χ4n) is 3.63. The molecule has 1 N–H and O–H groups in total. The number of benzene rings is 1. The molecule has 1 fully saturated rings. The highest BCUT2D eigenvalue weighted by Gasteiger charge is 2.27. The van der Waals surface area contributed by atoms with Gasteiger partial charge in [-0.2, -0.15) is 0 Å². The fraction of sp³-hybridized carbons (Fsp3) is 0.200. The molecule has 1 aliphatic heterocycles. The quantitative estimate of drug-likeness (QED) is 0.580. The van der Waals surface area contributed by atoms with Crippen molar-refractivity contribution in [3.8, 4) is 0 Å². The summed E-state index contributed by atoms with van der Waals surface area (Å²) in [5.41, 5.74) is 1.76. The van der Waals surface area contributed by atoms with Crippen molar-refractivity contribution in [2.75, 3.05) is 18.0 Å². The minimum absolute atomic E-state index is 0.0223. The van der Waals surface area contributed by atoms with Crippen LogP contribution in [-0.4, -0.2) is 44.4 Å². The van der Waals surface area contributed by atoms with E-state index in [1.807, 2.05) is 28.9 Å². The number of carbonyl (C=O) groups is 1. The SMILES string of the molecule is O=C(NC1CCN(c2nccn3cccc23)C1)c1ncc2cc(Cl)ccc2n1. The molecule has 0 radical (unpaired) electrons. The summed E-state index contributed by atoms with van der Waals surface area (Å²) in [4.78, 5) is 27.9. The second kappa shape index (κ2) is 6.76. The third-order valence-electron chi connectivity index (χ3n) is 5.00. The Morgan fingerprint density at radius 2 is 2.14 bits per heavy atom. The van der Waals surface area contributed by atoms with Crippen LogP contribution in [0, 0.1) is 0 Å². The first-order valence-corrected chi connectivity index (χ1v) is 9.45. The summed E-state index contributed by atoms with van der Waals surface area (Å²) in [6.45, 7) is 1.53. The summed E-state index contributed by atoms with van der Waals surface area (Å²) in [6.07, 6.45) is 8.20. The predicted molar refractivity (Wildman–Crippen MR) is 108 cm³/mol. The van der Waals surface area contributed by atoms with Crippen molar-refractivity contribution >= 4 is 39.7 Å². The van der Waals surface area contributed by atoms with Gasteiger partial charge in [0.05, 0.1) is 11.0 Å². The summed E-state index contributed by atoms with van der Waals surface area (Å²) >= 11 is 5.98. The number of anilines is 1. The Bertz CT molecular complexity index is 1190. The maximum Gasteiger partial charge on any atom is 0.289 e. The zero-order valence-electron chi connectivity index (χ0n) is 14.9. The molecule has 1 aromatic carbocycles. The molecule has 1 unspecified atom stereocenters. The lowest BCUT2D eigenvalue weighted by molar-refractivity contribution is 0.0930. The number of hydrogen-bond acceptors (Lipinski definition) is 5. The monoisotopic (exact) mass is 392 g/mol. The van der Waals surface area contributed by atoms with Crippen LogP contribution in [0.1, 0.15) is 17.0 Å². The van der Waals surface area contributed by atoms with E-state index in [1.54, 1.807) is 30.6 Å². The van der Waals surface area contributed by atoms with E-state index in [-0.39, 0.29) is 17.8 Å². The molecule has 4 aromatic rings. The second-order valence-corrected chi connectivity index (χ2v) is 7.29. The Hall–Kier alpha value is -3.19. The van der Waals surface area contributed by atoms with Gasteiger partial charge < -0.3 is 14.6 Å². The number of nitrogens with one attached hydrogen (secondary N) is 1. The highest BCUT2D eigenvalue weighted by atomic mass is 35.5. The van der Waals surface area contributed by atoms with E-state index in [1.165, 1.54) is 0 Å². The van der Waals surface area contributed by atoms with Crippen LogP contribution in [0.15, 0.2) is 55.1 Å². The fourth-order valence-corrected chi connectivity index (χ4v) is 3.81. The van der Waals surface area contributed by atoms with Gasteiger partial charge in [0.2, 0.25) is 5.82 Å². The van der Waals surface area contributed by atoms with Gasteiger partial charge in [-0.1, -0.05) is 11.6 Å². The molecule has 7 nitrogen and oxygen atoms in total. The summed E-state index contributed by atoms with van der Waals surface area (Å²) < 4.78 is 2.05. The van der Waals surface area contributed by atoms with E-state index < -0.39 is 0 Å². The molecule has 0 saturated carbocycles. The number of carbonyl (C=O) groups excluding carboxylic acids is 1. The molecule has 5 rings (SSSR count). The van der Waals surface area contributed by atoms with Gasteiger partial charge in [0.1, 0.15) is 0 Å². The van der Waals surface area contributed by atoms with E-state index in [0.717, 1.165) is 29.7 Å². The summed E-state index contributed by atoms with van der Waals surface area (Å²) in [5.74, 6) is 0.834. The highest BCUT2D eigenvalue weighted by Crippen LogP contribution is 2.23. The van der Waals surface area contributed by atoms with Gasteiger partial charge in [-0.25, -0.2) is 15.0 Å². The van der Waals surface area contributed by atoms with Gasteiger partial charge in [0.15, 0.2) is 5.82 Å². The lowest BCUT2D eigenvalue weighted by Gasteiger charge is -2.19. The summed E-state index contributed by atoms with van der Waals surface area (Å²) in [6, 6.07) is 9.39. The molecule has 0 aliphatic carbocycles. The molecule has 1 atom stereocenters. The van der Waals surface area contributed by atoms with Crippen molar-refractivity contribution in [1.29, 1.82) is 0 Å². The van der Waals surface area contributed by atoms with E-state index in [0.29, 0.717) is 17.1 Å². The van der Waals surface area contributed by atoms with E-state index >= 15 is 0 Å². The maximum atomic E-state index is 12.6. The standard InChI is InChI=1S/C20H17ClN6O/c21-14-3-4-16-13(10-14)11-23-18(25-16)20(28)24-15-5-8-27(12-15)19-17-2-1-7-26(17)9-6-22-19/h1-4,6-7,9-11,15H,5,8,12H2,(H,24,28). The second-order valence-electron chi connectivity index (χ2n) is 6.85. The third-order valence-corrected chi connectivity index (χ3v) is 5.24. The highest BCUT2D eigenvalue weighted by molar-refractivity contribution is 6.31. The molecule has 1 saturated heterocycles. The van der Waals surface area contributed by atoms with Gasteiger partial charge in [-0.3, -0.25) is 4.79 Å². The van der Waals surface area contributed by atoms with Crippen molar-refractivity contribution < 1.29 is 4.79 Å². The Labute approximate surface area is 166 Å². The molecular weight excluding hydrogens is 376 g/mol. The molecule has 8 heteroatoms. The minimum atomic E-state index is -0.266. The molecular formula is C20H17ClN6O. The lowest BCUT2D eigenvalue weighted by Crippen LogP contribution is -2.38. The van der Waals surface area contributed by atoms with Crippen molar-refractivity contribution in [1.82, 2.24) is 24.7 Å². The van der Waals surface area contributed by atoms with Gasteiger partial charge >= 0.3 is 0 Å². The zero-order valence-corrected chi connectivity index (χ0v) is 15.7. The number of fused-ring (bicyclic) bond motifs is 2. The molecule has 0 bridgehead atoms. The molecule has 0 spiro atoms. The first kappa shape index (κ1) is 16.9. The van der Waals surface area contributed by atoms with E-state index in [4.69, 9.17) is 11.6 Å². The Kier molecular flexibility index (Phi) is 4.09. The number of aromatic nitrogens is 4. The molecule has 28 heavy (non-hydrogen) atoms. The van der Waals surface area contributed by atoms with E-state index in [2.05, 4.69) is 25.2 Å². The minimum Gasteiger partial charge on any atom is -0.353 e. The van der Waals surface area contributed by atoms with Crippen molar-refractivity contribution in [3.63, 3.8) is 0 Å². The molecule has 4 heterocycles. The van der Waals surface area contributed by atoms with Crippen molar-refractivity contribution in [3.05, 3.63) is 66.0 Å². The lowest BCUT2D eigenvalue weighted by atomic mass is 10.2. The Morgan fingerprint density at radius 1 is 1.21 bits per heavy atom. The topological polar surface area (TPSA) is 75.4 Å². The van der Waals surface area contributed by atoms with Gasteiger partial charge in [-0.05, 0) is 36.8 Å². The van der Waals surface area contributed by atoms with Crippen molar-refractivity contribution in [2.45, 2.75) is 12.5 Å². The Balaban J connectivity index is 1.31. The van der Waals surface area contributed by atoms with Crippen LogP contribution < -0.4 is 10.2 Å². The maximum absolute atomic E-state index is 12.6. The number of nitrogens with zero attached hydrogens (tertiary/aromatic N) is 5.